The summed E-state index contributed by atoms with van der Waals surface area (Å²) in [5, 5.41) is 14.0. The lowest BCUT2D eigenvalue weighted by Crippen LogP contribution is -2.46. The Balaban J connectivity index is 2.40. The van der Waals surface area contributed by atoms with Crippen LogP contribution in [0.15, 0.2) is 28.7 Å². The SMILES string of the molecule is CC(C)C[C@H](NC(=O)CNC(=O)Cc1ccc(Br)cc1)C(=O)O. The lowest BCUT2D eigenvalue weighted by atomic mass is 10.0. The minimum atomic E-state index is -1.08. The Bertz CT molecular complexity index is 558. The summed E-state index contributed by atoms with van der Waals surface area (Å²) in [6.07, 6.45) is 0.503. The fraction of sp³-hybridized carbons (Fsp3) is 0.438. The molecule has 1 aromatic carbocycles. The Labute approximate surface area is 143 Å². The molecule has 6 nitrogen and oxygen atoms in total. The molecule has 23 heavy (non-hydrogen) atoms. The summed E-state index contributed by atoms with van der Waals surface area (Å²) in [6, 6.07) is 6.35. The molecule has 0 aromatic heterocycles. The van der Waals surface area contributed by atoms with Gasteiger partial charge in [-0.25, -0.2) is 4.79 Å². The van der Waals surface area contributed by atoms with Crippen LogP contribution in [0.2, 0.25) is 0 Å². The van der Waals surface area contributed by atoms with Crippen LogP contribution >= 0.6 is 15.9 Å². The molecule has 0 spiro atoms. The van der Waals surface area contributed by atoms with Crippen LogP contribution < -0.4 is 10.6 Å². The minimum absolute atomic E-state index is 0.142. The molecule has 2 amide bonds. The Morgan fingerprint density at radius 3 is 2.26 bits per heavy atom. The van der Waals surface area contributed by atoms with Gasteiger partial charge >= 0.3 is 5.97 Å². The maximum Gasteiger partial charge on any atom is 0.326 e. The van der Waals surface area contributed by atoms with E-state index < -0.39 is 17.9 Å². The Kier molecular flexibility index (Phi) is 7.74. The van der Waals surface area contributed by atoms with E-state index in [0.29, 0.717) is 6.42 Å². The third-order valence-electron chi connectivity index (χ3n) is 3.06. The van der Waals surface area contributed by atoms with Gasteiger partial charge in [-0.05, 0) is 30.0 Å². The number of carboxylic acids is 1. The lowest BCUT2D eigenvalue weighted by Gasteiger charge is -2.16. The van der Waals surface area contributed by atoms with Gasteiger partial charge in [-0.1, -0.05) is 41.9 Å². The standard InChI is InChI=1S/C16H21BrN2O4/c1-10(2)7-13(16(22)23)19-15(21)9-18-14(20)8-11-3-5-12(17)6-4-11/h3-6,10,13H,7-9H2,1-2H3,(H,18,20)(H,19,21)(H,22,23)/t13-/m0/s1. The topological polar surface area (TPSA) is 95.5 Å². The second kappa shape index (κ2) is 9.29. The first-order valence-electron chi connectivity index (χ1n) is 7.31. The normalized spacial score (nSPS) is 11.8. The number of hydrogen-bond acceptors (Lipinski definition) is 3. The van der Waals surface area contributed by atoms with Gasteiger partial charge in [-0.15, -0.1) is 0 Å². The number of aliphatic carboxylic acids is 1. The fourth-order valence-electron chi connectivity index (χ4n) is 1.97. The predicted molar refractivity (Wildman–Crippen MR) is 89.9 cm³/mol. The van der Waals surface area contributed by atoms with E-state index >= 15 is 0 Å². The summed E-state index contributed by atoms with van der Waals surface area (Å²) >= 11 is 3.31. The van der Waals surface area contributed by atoms with Crippen LogP contribution in [0, 0.1) is 5.92 Å². The monoisotopic (exact) mass is 384 g/mol. The van der Waals surface area contributed by atoms with Crippen molar-refractivity contribution in [2.45, 2.75) is 32.7 Å². The van der Waals surface area contributed by atoms with Crippen molar-refractivity contribution in [3.05, 3.63) is 34.3 Å². The molecular weight excluding hydrogens is 364 g/mol. The maximum absolute atomic E-state index is 11.8. The van der Waals surface area contributed by atoms with Crippen LogP contribution in [0.25, 0.3) is 0 Å². The van der Waals surface area contributed by atoms with Crippen LogP contribution in [0.3, 0.4) is 0 Å². The van der Waals surface area contributed by atoms with Crippen molar-refractivity contribution >= 4 is 33.7 Å². The number of halogens is 1. The van der Waals surface area contributed by atoms with Gasteiger partial charge in [-0.3, -0.25) is 9.59 Å². The predicted octanol–water partition coefficient (Wildman–Crippen LogP) is 1.72. The number of carbonyl (C=O) groups is 3. The van der Waals surface area contributed by atoms with Crippen molar-refractivity contribution in [3.63, 3.8) is 0 Å². The first-order chi connectivity index (χ1) is 10.8. The molecular formula is C16H21BrN2O4. The molecule has 1 aromatic rings. The summed E-state index contributed by atoms with van der Waals surface area (Å²) in [5.41, 5.74) is 0.828. The molecule has 0 aliphatic rings. The molecule has 0 bridgehead atoms. The number of carbonyl (C=O) groups excluding carboxylic acids is 2. The average Bonchev–Trinajstić information content (AvgIpc) is 2.46. The quantitative estimate of drug-likeness (QED) is 0.635. The Morgan fingerprint density at radius 2 is 1.74 bits per heavy atom. The minimum Gasteiger partial charge on any atom is -0.480 e. The molecule has 3 N–H and O–H groups in total. The van der Waals surface area contributed by atoms with Crippen molar-refractivity contribution in [1.29, 1.82) is 0 Å². The van der Waals surface area contributed by atoms with Crippen molar-refractivity contribution in [2.75, 3.05) is 6.54 Å². The van der Waals surface area contributed by atoms with Crippen LogP contribution in [-0.2, 0) is 20.8 Å². The second-order valence-corrected chi connectivity index (χ2v) is 6.58. The van der Waals surface area contributed by atoms with Crippen molar-refractivity contribution in [1.82, 2.24) is 10.6 Å². The van der Waals surface area contributed by atoms with Gasteiger partial charge in [0, 0.05) is 4.47 Å². The van der Waals surface area contributed by atoms with E-state index in [1.807, 2.05) is 38.1 Å². The molecule has 7 heteroatoms. The van der Waals surface area contributed by atoms with Crippen molar-refractivity contribution < 1.29 is 19.5 Å². The van der Waals surface area contributed by atoms with Gasteiger partial charge in [0.25, 0.3) is 0 Å². The summed E-state index contributed by atoms with van der Waals surface area (Å²) in [7, 11) is 0. The van der Waals surface area contributed by atoms with Crippen molar-refractivity contribution in [3.8, 4) is 0 Å². The van der Waals surface area contributed by atoms with E-state index in [2.05, 4.69) is 26.6 Å². The van der Waals surface area contributed by atoms with E-state index in [9.17, 15) is 14.4 Å². The first-order valence-corrected chi connectivity index (χ1v) is 8.10. The van der Waals surface area contributed by atoms with Gasteiger partial charge in [0.15, 0.2) is 0 Å². The van der Waals surface area contributed by atoms with Gasteiger partial charge in [0.05, 0.1) is 13.0 Å². The molecule has 0 radical (unpaired) electrons. The third-order valence-corrected chi connectivity index (χ3v) is 3.59. The van der Waals surface area contributed by atoms with E-state index in [0.717, 1.165) is 10.0 Å². The van der Waals surface area contributed by atoms with Gasteiger partial charge < -0.3 is 15.7 Å². The van der Waals surface area contributed by atoms with Gasteiger partial charge in [-0.2, -0.15) is 0 Å². The van der Waals surface area contributed by atoms with E-state index in [1.54, 1.807) is 0 Å². The Morgan fingerprint density at radius 1 is 1.13 bits per heavy atom. The molecule has 126 valence electrons. The fourth-order valence-corrected chi connectivity index (χ4v) is 2.23. The molecule has 0 fully saturated rings. The maximum atomic E-state index is 11.8. The zero-order valence-corrected chi connectivity index (χ0v) is 14.7. The largest absolute Gasteiger partial charge is 0.480 e. The zero-order chi connectivity index (χ0) is 17.4. The average molecular weight is 385 g/mol. The van der Waals surface area contributed by atoms with Gasteiger partial charge in [0.1, 0.15) is 6.04 Å². The number of benzene rings is 1. The molecule has 1 rings (SSSR count). The lowest BCUT2D eigenvalue weighted by molar-refractivity contribution is -0.142. The van der Waals surface area contributed by atoms with Crippen molar-refractivity contribution in [2.24, 2.45) is 5.92 Å². The highest BCUT2D eigenvalue weighted by Gasteiger charge is 2.21. The zero-order valence-electron chi connectivity index (χ0n) is 13.1. The van der Waals surface area contributed by atoms with E-state index in [1.165, 1.54) is 0 Å². The summed E-state index contributed by atoms with van der Waals surface area (Å²) < 4.78 is 0.922. The molecule has 0 aliphatic heterocycles. The second-order valence-electron chi connectivity index (χ2n) is 5.67. The number of nitrogens with one attached hydrogen (secondary N) is 2. The highest BCUT2D eigenvalue weighted by molar-refractivity contribution is 9.10. The first kappa shape index (κ1) is 19.2. The Hall–Kier alpha value is -1.89. The summed E-state index contributed by atoms with van der Waals surface area (Å²) in [6.45, 7) is 3.52. The van der Waals surface area contributed by atoms with Crippen LogP contribution in [0.4, 0.5) is 0 Å². The van der Waals surface area contributed by atoms with E-state index in [4.69, 9.17) is 5.11 Å². The molecule has 0 saturated heterocycles. The van der Waals surface area contributed by atoms with Crippen LogP contribution in [0.5, 0.6) is 0 Å². The van der Waals surface area contributed by atoms with E-state index in [-0.39, 0.29) is 24.8 Å². The highest BCUT2D eigenvalue weighted by Crippen LogP contribution is 2.10. The number of carboxylic acid groups (broad SMARTS) is 1. The summed E-state index contributed by atoms with van der Waals surface area (Å²) in [4.78, 5) is 34.6. The molecule has 0 saturated carbocycles. The van der Waals surface area contributed by atoms with Crippen LogP contribution in [-0.4, -0.2) is 35.5 Å². The van der Waals surface area contributed by atoms with Crippen LogP contribution in [0.1, 0.15) is 25.8 Å². The number of rotatable bonds is 8. The molecule has 0 aliphatic carbocycles. The number of hydrogen-bond donors (Lipinski definition) is 3. The number of amides is 2. The highest BCUT2D eigenvalue weighted by atomic mass is 79.9. The summed E-state index contributed by atoms with van der Waals surface area (Å²) in [5.74, 6) is -1.74. The van der Waals surface area contributed by atoms with Gasteiger partial charge in [0.2, 0.25) is 11.8 Å². The third kappa shape index (κ3) is 7.78. The molecule has 1 atom stereocenters. The smallest absolute Gasteiger partial charge is 0.326 e. The molecule has 0 unspecified atom stereocenters. The molecule has 0 heterocycles.